The highest BCUT2D eigenvalue weighted by Gasteiger charge is 2.24. The number of aromatic nitrogens is 3. The lowest BCUT2D eigenvalue weighted by Crippen LogP contribution is -2.33. The summed E-state index contributed by atoms with van der Waals surface area (Å²) in [6.07, 6.45) is 0.628. The van der Waals surface area contributed by atoms with Crippen molar-refractivity contribution in [2.24, 2.45) is 0 Å². The van der Waals surface area contributed by atoms with E-state index in [1.807, 2.05) is 84.3 Å². The minimum Gasteiger partial charge on any atom is -0.315 e. The lowest BCUT2D eigenvalue weighted by atomic mass is 10.1. The summed E-state index contributed by atoms with van der Waals surface area (Å²) in [5, 5.41) is 9.88. The first kappa shape index (κ1) is 22.1. The summed E-state index contributed by atoms with van der Waals surface area (Å²) >= 11 is 7.50. The highest BCUT2D eigenvalue weighted by molar-refractivity contribution is 8.00. The number of halogens is 1. The van der Waals surface area contributed by atoms with Crippen LogP contribution in [0.25, 0.3) is 5.69 Å². The molecule has 7 heteroatoms. The van der Waals surface area contributed by atoms with Crippen LogP contribution in [0.15, 0.2) is 90.1 Å². The van der Waals surface area contributed by atoms with Gasteiger partial charge in [-0.1, -0.05) is 71.9 Å². The van der Waals surface area contributed by atoms with Gasteiger partial charge in [0.25, 0.3) is 0 Å². The van der Waals surface area contributed by atoms with Gasteiger partial charge in [0.15, 0.2) is 5.16 Å². The second-order valence-corrected chi connectivity index (χ2v) is 9.11. The third kappa shape index (κ3) is 5.03. The van der Waals surface area contributed by atoms with Gasteiger partial charge in [0.1, 0.15) is 5.82 Å². The maximum absolute atomic E-state index is 13.1. The SMILES string of the molecule is C[C@H](Sc1nnc(Cc2ccccc2)n1-c1ccc(Cl)cc1)C(=O)N(C)c1ccccc1. The third-order valence-electron chi connectivity index (χ3n) is 5.09. The molecular weight excluding hydrogens is 440 g/mol. The minimum absolute atomic E-state index is 0.00327. The molecule has 1 aromatic heterocycles. The molecule has 0 saturated heterocycles. The van der Waals surface area contributed by atoms with Crippen LogP contribution >= 0.6 is 23.4 Å². The Hall–Kier alpha value is -3.09. The lowest BCUT2D eigenvalue weighted by Gasteiger charge is -2.21. The van der Waals surface area contributed by atoms with Crippen LogP contribution < -0.4 is 4.90 Å². The predicted molar refractivity (Wildman–Crippen MR) is 131 cm³/mol. The van der Waals surface area contributed by atoms with Crippen molar-refractivity contribution in [3.63, 3.8) is 0 Å². The number of hydrogen-bond donors (Lipinski definition) is 0. The van der Waals surface area contributed by atoms with E-state index in [4.69, 9.17) is 11.6 Å². The van der Waals surface area contributed by atoms with Crippen molar-refractivity contribution in [3.8, 4) is 5.69 Å². The molecule has 0 N–H and O–H groups in total. The Labute approximate surface area is 197 Å². The van der Waals surface area contributed by atoms with Gasteiger partial charge in [-0.25, -0.2) is 0 Å². The van der Waals surface area contributed by atoms with Crippen LogP contribution in [0.1, 0.15) is 18.3 Å². The topological polar surface area (TPSA) is 51.0 Å². The first-order valence-corrected chi connectivity index (χ1v) is 11.5. The first-order chi connectivity index (χ1) is 15.5. The van der Waals surface area contributed by atoms with Crippen LogP contribution in [0, 0.1) is 0 Å². The molecule has 4 aromatic rings. The van der Waals surface area contributed by atoms with Gasteiger partial charge >= 0.3 is 0 Å². The Morgan fingerprint density at radius 2 is 1.59 bits per heavy atom. The van der Waals surface area contributed by atoms with Crippen LogP contribution in [0.3, 0.4) is 0 Å². The molecule has 3 aromatic carbocycles. The van der Waals surface area contributed by atoms with Crippen molar-refractivity contribution in [1.29, 1.82) is 0 Å². The molecule has 0 bridgehead atoms. The third-order valence-corrected chi connectivity index (χ3v) is 6.38. The normalized spacial score (nSPS) is 11.8. The molecule has 4 rings (SSSR count). The van der Waals surface area contributed by atoms with Crippen molar-refractivity contribution in [2.45, 2.75) is 23.8 Å². The van der Waals surface area contributed by atoms with E-state index in [1.54, 1.807) is 11.9 Å². The van der Waals surface area contributed by atoms with E-state index in [-0.39, 0.29) is 11.2 Å². The summed E-state index contributed by atoms with van der Waals surface area (Å²) in [5.41, 5.74) is 2.90. The molecule has 162 valence electrons. The Bertz CT molecular complexity index is 1180. The molecular formula is C25H23ClN4OS. The summed E-state index contributed by atoms with van der Waals surface area (Å²) in [5.74, 6) is 0.800. The van der Waals surface area contributed by atoms with Gasteiger partial charge in [-0.3, -0.25) is 9.36 Å². The van der Waals surface area contributed by atoms with Crippen LogP contribution in [-0.4, -0.2) is 33.0 Å². The fourth-order valence-electron chi connectivity index (χ4n) is 3.38. The standard InChI is InChI=1S/C25H23ClN4OS/c1-18(24(31)29(2)21-11-7-4-8-12-21)32-25-28-27-23(17-19-9-5-3-6-10-19)30(25)22-15-13-20(26)14-16-22/h3-16,18H,17H2,1-2H3/t18-/m0/s1. The van der Waals surface area contributed by atoms with Crippen molar-refractivity contribution < 1.29 is 4.79 Å². The van der Waals surface area contributed by atoms with Crippen molar-refractivity contribution >= 4 is 35.0 Å². The number of carbonyl (C=O) groups is 1. The van der Waals surface area contributed by atoms with Gasteiger partial charge in [0, 0.05) is 29.9 Å². The highest BCUT2D eigenvalue weighted by atomic mass is 35.5. The van der Waals surface area contributed by atoms with Gasteiger partial charge in [0.05, 0.1) is 5.25 Å². The first-order valence-electron chi connectivity index (χ1n) is 10.3. The van der Waals surface area contributed by atoms with Crippen molar-refractivity contribution in [2.75, 3.05) is 11.9 Å². The van der Waals surface area contributed by atoms with E-state index in [0.717, 1.165) is 22.8 Å². The Morgan fingerprint density at radius 1 is 0.969 bits per heavy atom. The van der Waals surface area contributed by atoms with Crippen LogP contribution in [0.2, 0.25) is 5.02 Å². The second kappa shape index (κ2) is 10.0. The van der Waals surface area contributed by atoms with E-state index in [0.29, 0.717) is 16.6 Å². The number of para-hydroxylation sites is 1. The van der Waals surface area contributed by atoms with E-state index < -0.39 is 0 Å². The molecule has 1 heterocycles. The predicted octanol–water partition coefficient (Wildman–Crippen LogP) is 5.66. The highest BCUT2D eigenvalue weighted by Crippen LogP contribution is 2.29. The lowest BCUT2D eigenvalue weighted by molar-refractivity contribution is -0.117. The zero-order valence-electron chi connectivity index (χ0n) is 17.9. The summed E-state index contributed by atoms with van der Waals surface area (Å²) < 4.78 is 2.00. The second-order valence-electron chi connectivity index (χ2n) is 7.37. The summed E-state index contributed by atoms with van der Waals surface area (Å²) in [7, 11) is 1.79. The van der Waals surface area contributed by atoms with E-state index in [9.17, 15) is 4.79 Å². The maximum atomic E-state index is 13.1. The molecule has 0 aliphatic carbocycles. The Kier molecular flexibility index (Phi) is 6.93. The number of thioether (sulfide) groups is 1. The molecule has 0 fully saturated rings. The average molecular weight is 463 g/mol. The van der Waals surface area contributed by atoms with Gasteiger partial charge in [-0.05, 0) is 48.9 Å². The van der Waals surface area contributed by atoms with Crippen LogP contribution in [0.5, 0.6) is 0 Å². The number of nitrogens with zero attached hydrogens (tertiary/aromatic N) is 4. The average Bonchev–Trinajstić information content (AvgIpc) is 3.21. The van der Waals surface area contributed by atoms with Crippen molar-refractivity contribution in [3.05, 3.63) is 101 Å². The number of amides is 1. The molecule has 0 radical (unpaired) electrons. The van der Waals surface area contributed by atoms with Crippen LogP contribution in [0.4, 0.5) is 5.69 Å². The largest absolute Gasteiger partial charge is 0.315 e. The summed E-state index contributed by atoms with van der Waals surface area (Å²) in [6, 6.07) is 27.3. The smallest absolute Gasteiger partial charge is 0.240 e. The Morgan fingerprint density at radius 3 is 2.25 bits per heavy atom. The number of carbonyl (C=O) groups excluding carboxylic acids is 1. The van der Waals surface area contributed by atoms with Gasteiger partial charge in [-0.15, -0.1) is 10.2 Å². The van der Waals surface area contributed by atoms with Crippen LogP contribution in [-0.2, 0) is 11.2 Å². The molecule has 0 spiro atoms. The number of rotatable bonds is 7. The fraction of sp³-hybridized carbons (Fsp3) is 0.160. The van der Waals surface area contributed by atoms with E-state index in [1.165, 1.54) is 11.8 Å². The zero-order valence-corrected chi connectivity index (χ0v) is 19.4. The van der Waals surface area contributed by atoms with E-state index >= 15 is 0 Å². The number of hydrogen-bond acceptors (Lipinski definition) is 4. The van der Waals surface area contributed by atoms with Crippen molar-refractivity contribution in [1.82, 2.24) is 14.8 Å². The molecule has 0 unspecified atom stereocenters. The zero-order chi connectivity index (χ0) is 22.5. The molecule has 1 amide bonds. The quantitative estimate of drug-likeness (QED) is 0.333. The summed E-state index contributed by atoms with van der Waals surface area (Å²) in [6.45, 7) is 1.89. The molecule has 32 heavy (non-hydrogen) atoms. The molecule has 5 nitrogen and oxygen atoms in total. The molecule has 0 aliphatic heterocycles. The molecule has 0 saturated carbocycles. The molecule has 0 aliphatic rings. The summed E-state index contributed by atoms with van der Waals surface area (Å²) in [4.78, 5) is 14.7. The Balaban J connectivity index is 1.63. The fourth-order valence-corrected chi connectivity index (χ4v) is 4.48. The number of anilines is 1. The van der Waals surface area contributed by atoms with E-state index in [2.05, 4.69) is 22.3 Å². The maximum Gasteiger partial charge on any atom is 0.240 e. The van der Waals surface area contributed by atoms with Gasteiger partial charge in [0.2, 0.25) is 5.91 Å². The minimum atomic E-state index is -0.347. The van der Waals surface area contributed by atoms with Gasteiger partial charge in [-0.2, -0.15) is 0 Å². The molecule has 1 atom stereocenters. The monoisotopic (exact) mass is 462 g/mol. The number of benzene rings is 3. The van der Waals surface area contributed by atoms with Gasteiger partial charge < -0.3 is 4.90 Å².